The lowest BCUT2D eigenvalue weighted by Crippen LogP contribution is -2.22. The van der Waals surface area contributed by atoms with Gasteiger partial charge in [0, 0.05) is 40.1 Å². The summed E-state index contributed by atoms with van der Waals surface area (Å²) in [5.41, 5.74) is 1.12. The fourth-order valence-corrected chi connectivity index (χ4v) is 3.78. The molecule has 7 nitrogen and oxygen atoms in total. The van der Waals surface area contributed by atoms with E-state index in [-0.39, 0.29) is 23.4 Å². The van der Waals surface area contributed by atoms with Gasteiger partial charge in [-0.15, -0.1) is 0 Å². The van der Waals surface area contributed by atoms with Crippen LogP contribution in [-0.2, 0) is 28.3 Å². The molecule has 154 valence electrons. The summed E-state index contributed by atoms with van der Waals surface area (Å²) in [6, 6.07) is 7.57. The lowest BCUT2D eigenvalue weighted by atomic mass is 10.2. The van der Waals surface area contributed by atoms with Crippen LogP contribution >= 0.6 is 0 Å². The summed E-state index contributed by atoms with van der Waals surface area (Å²) in [6.45, 7) is 0. The molecule has 1 aromatic heterocycles. The largest absolute Gasteiger partial charge is 0.331 e. The molecule has 10 heteroatoms. The normalized spacial score (nSPS) is 11.9. The number of imidazole rings is 1. The van der Waals surface area contributed by atoms with Crippen LogP contribution in [0.2, 0.25) is 0 Å². The van der Waals surface area contributed by atoms with Crippen LogP contribution in [0.15, 0.2) is 41.3 Å². The Hall–Kier alpha value is -2.85. The molecule has 0 aliphatic rings. The number of carbonyl (C=O) groups is 1. The molecular weight excluding hydrogens is 402 g/mol. The molecule has 3 rings (SSSR count). The molecule has 0 unspecified atom stereocenters. The maximum atomic E-state index is 13.6. The second kappa shape index (κ2) is 7.88. The summed E-state index contributed by atoms with van der Waals surface area (Å²) in [4.78, 5) is 16.7. The Kier molecular flexibility index (Phi) is 5.67. The van der Waals surface area contributed by atoms with Crippen LogP contribution in [-0.4, -0.2) is 42.3 Å². The van der Waals surface area contributed by atoms with Gasteiger partial charge < -0.3 is 9.88 Å². The number of fused-ring (bicyclic) bond motifs is 1. The van der Waals surface area contributed by atoms with Gasteiger partial charge in [-0.05, 0) is 30.3 Å². The number of aryl methyl sites for hydroxylation is 2. The number of nitrogens with one attached hydrogen (secondary N) is 1. The van der Waals surface area contributed by atoms with Gasteiger partial charge in [0.1, 0.15) is 17.5 Å². The number of aromatic nitrogens is 2. The molecule has 0 atom stereocenters. The molecule has 0 saturated heterocycles. The van der Waals surface area contributed by atoms with E-state index in [0.717, 1.165) is 22.0 Å². The van der Waals surface area contributed by atoms with Crippen molar-refractivity contribution in [2.45, 2.75) is 17.7 Å². The lowest BCUT2D eigenvalue weighted by Gasteiger charge is -2.10. The third kappa shape index (κ3) is 4.28. The maximum absolute atomic E-state index is 13.6. The van der Waals surface area contributed by atoms with E-state index < -0.39 is 27.6 Å². The molecule has 1 N–H and O–H groups in total. The molecule has 0 bridgehead atoms. The van der Waals surface area contributed by atoms with E-state index in [1.165, 1.54) is 26.2 Å². The first kappa shape index (κ1) is 20.9. The molecule has 2 aromatic carbocycles. The highest BCUT2D eigenvalue weighted by Gasteiger charge is 2.19. The third-order valence-electron chi connectivity index (χ3n) is 4.50. The van der Waals surface area contributed by atoms with E-state index in [0.29, 0.717) is 17.4 Å². The van der Waals surface area contributed by atoms with Gasteiger partial charge in [-0.2, -0.15) is 0 Å². The van der Waals surface area contributed by atoms with Crippen molar-refractivity contribution in [3.05, 3.63) is 53.9 Å². The molecule has 1 amide bonds. The average molecular weight is 422 g/mol. The second-order valence-electron chi connectivity index (χ2n) is 6.70. The van der Waals surface area contributed by atoms with E-state index >= 15 is 0 Å². The van der Waals surface area contributed by atoms with Crippen LogP contribution < -0.4 is 5.32 Å². The van der Waals surface area contributed by atoms with Gasteiger partial charge in [-0.25, -0.2) is 26.5 Å². The average Bonchev–Trinajstić information content (AvgIpc) is 2.97. The Labute approximate surface area is 167 Å². The topological polar surface area (TPSA) is 84.3 Å². The summed E-state index contributed by atoms with van der Waals surface area (Å²) in [7, 11) is 1.09. The van der Waals surface area contributed by atoms with Crippen molar-refractivity contribution < 1.29 is 22.0 Å². The minimum Gasteiger partial charge on any atom is -0.331 e. The Morgan fingerprint density at radius 3 is 2.55 bits per heavy atom. The van der Waals surface area contributed by atoms with Crippen molar-refractivity contribution in [2.24, 2.45) is 7.05 Å². The van der Waals surface area contributed by atoms with Crippen LogP contribution in [0, 0.1) is 11.6 Å². The molecule has 3 aromatic rings. The first-order chi connectivity index (χ1) is 13.6. The summed E-state index contributed by atoms with van der Waals surface area (Å²) in [5, 5.41) is 2.40. The number of halogens is 2. The van der Waals surface area contributed by atoms with Crippen LogP contribution in [0.5, 0.6) is 0 Å². The highest BCUT2D eigenvalue weighted by Crippen LogP contribution is 2.22. The number of amides is 1. The van der Waals surface area contributed by atoms with Crippen molar-refractivity contribution in [1.82, 2.24) is 13.9 Å². The third-order valence-corrected chi connectivity index (χ3v) is 6.32. The zero-order valence-corrected chi connectivity index (χ0v) is 16.9. The molecule has 0 fully saturated rings. The number of nitrogens with zero attached hydrogens (tertiary/aromatic N) is 3. The van der Waals surface area contributed by atoms with E-state index in [1.807, 2.05) is 0 Å². The van der Waals surface area contributed by atoms with Crippen molar-refractivity contribution in [3.63, 3.8) is 0 Å². The van der Waals surface area contributed by atoms with Crippen LogP contribution in [0.25, 0.3) is 11.0 Å². The van der Waals surface area contributed by atoms with E-state index in [4.69, 9.17) is 0 Å². The number of hydrogen-bond acceptors (Lipinski definition) is 4. The highest BCUT2D eigenvalue weighted by atomic mass is 32.2. The Balaban J connectivity index is 1.76. The minimum absolute atomic E-state index is 0.0246. The lowest BCUT2D eigenvalue weighted by molar-refractivity contribution is -0.116. The Morgan fingerprint density at radius 1 is 1.17 bits per heavy atom. The highest BCUT2D eigenvalue weighted by molar-refractivity contribution is 7.89. The van der Waals surface area contributed by atoms with Crippen molar-refractivity contribution >= 4 is 32.7 Å². The van der Waals surface area contributed by atoms with Gasteiger partial charge in [-0.1, -0.05) is 0 Å². The van der Waals surface area contributed by atoms with E-state index in [1.54, 1.807) is 17.7 Å². The number of hydrogen-bond donors (Lipinski definition) is 1. The molecule has 0 saturated carbocycles. The van der Waals surface area contributed by atoms with Crippen LogP contribution in [0.1, 0.15) is 12.2 Å². The van der Waals surface area contributed by atoms with E-state index in [2.05, 4.69) is 10.3 Å². The predicted octanol–water partition coefficient (Wildman–Crippen LogP) is 2.67. The van der Waals surface area contributed by atoms with Crippen molar-refractivity contribution in [2.75, 3.05) is 19.4 Å². The molecule has 0 aliphatic carbocycles. The molecule has 0 spiro atoms. The monoisotopic (exact) mass is 422 g/mol. The van der Waals surface area contributed by atoms with Gasteiger partial charge in [0.2, 0.25) is 15.9 Å². The minimum atomic E-state index is -3.58. The smallest absolute Gasteiger partial charge is 0.242 e. The molecule has 29 heavy (non-hydrogen) atoms. The number of sulfonamides is 1. The van der Waals surface area contributed by atoms with Gasteiger partial charge >= 0.3 is 0 Å². The fourth-order valence-electron chi connectivity index (χ4n) is 2.85. The second-order valence-corrected chi connectivity index (χ2v) is 8.85. The summed E-state index contributed by atoms with van der Waals surface area (Å²) in [6.07, 6.45) is 0.284. The van der Waals surface area contributed by atoms with Gasteiger partial charge in [0.05, 0.1) is 21.6 Å². The summed E-state index contributed by atoms with van der Waals surface area (Å²) < 4.78 is 54.1. The first-order valence-corrected chi connectivity index (χ1v) is 10.2. The predicted molar refractivity (Wildman–Crippen MR) is 105 cm³/mol. The number of anilines is 1. The van der Waals surface area contributed by atoms with E-state index in [9.17, 15) is 22.0 Å². The number of rotatable bonds is 6. The van der Waals surface area contributed by atoms with Crippen molar-refractivity contribution in [3.8, 4) is 0 Å². The van der Waals surface area contributed by atoms with Crippen molar-refractivity contribution in [1.29, 1.82) is 0 Å². The maximum Gasteiger partial charge on any atom is 0.242 e. The molecule has 0 aliphatic heterocycles. The fraction of sp³-hybridized carbons (Fsp3) is 0.263. The van der Waals surface area contributed by atoms with Crippen LogP contribution in [0.4, 0.5) is 14.5 Å². The molecular formula is C19H20F2N4O3S. The summed E-state index contributed by atoms with van der Waals surface area (Å²) in [5.74, 6) is -1.45. The number of carbonyl (C=O) groups excluding carboxylic acids is 1. The van der Waals surface area contributed by atoms with Gasteiger partial charge in [0.25, 0.3) is 0 Å². The first-order valence-electron chi connectivity index (χ1n) is 8.72. The zero-order valence-electron chi connectivity index (χ0n) is 16.1. The number of benzene rings is 2. The standard InChI is InChI=1S/C19H20F2N4O3S/c1-24(2)29(27,28)13-5-7-17-16(11-13)22-18(25(17)3)8-9-19(26)23-15-6-4-12(20)10-14(15)21/h4-7,10-11H,8-9H2,1-3H3,(H,23,26). The summed E-state index contributed by atoms with van der Waals surface area (Å²) >= 11 is 0. The van der Waals surface area contributed by atoms with Crippen LogP contribution in [0.3, 0.4) is 0 Å². The quantitative estimate of drug-likeness (QED) is 0.662. The SMILES string of the molecule is CN(C)S(=O)(=O)c1ccc2c(c1)nc(CCC(=O)Nc1ccc(F)cc1F)n2C. The molecule has 1 heterocycles. The Morgan fingerprint density at radius 2 is 1.90 bits per heavy atom. The van der Waals surface area contributed by atoms with Gasteiger partial charge in [-0.3, -0.25) is 4.79 Å². The van der Waals surface area contributed by atoms with Gasteiger partial charge in [0.15, 0.2) is 0 Å². The zero-order chi connectivity index (χ0) is 21.3. The molecule has 0 radical (unpaired) electrons. The Bertz CT molecular complexity index is 1190.